The molecule has 1 aromatic carbocycles. The van der Waals surface area contributed by atoms with Crippen LogP contribution in [0.1, 0.15) is 23.9 Å². The number of nitrogens with two attached hydrogens (primary N) is 1. The molecule has 0 aliphatic rings. The van der Waals surface area contributed by atoms with Crippen LogP contribution < -0.4 is 10.5 Å². The number of rotatable bonds is 9. The summed E-state index contributed by atoms with van der Waals surface area (Å²) in [6.45, 7) is 2.15. The zero-order chi connectivity index (χ0) is 24.6. The molecule has 0 saturated heterocycles. The van der Waals surface area contributed by atoms with E-state index in [0.717, 1.165) is 29.5 Å². The molecule has 0 fully saturated rings. The first kappa shape index (κ1) is 24.4. The van der Waals surface area contributed by atoms with Gasteiger partial charge >= 0.3 is 6.18 Å². The fourth-order valence-electron chi connectivity index (χ4n) is 2.74. The molecule has 3 N–H and O–H groups in total. The minimum atomic E-state index is -4.47. The number of alkyl halides is 3. The maximum atomic E-state index is 12.6. The Labute approximate surface area is 193 Å². The summed E-state index contributed by atoms with van der Waals surface area (Å²) in [4.78, 5) is 12.2. The Bertz CT molecular complexity index is 1200. The number of halogens is 3. The summed E-state index contributed by atoms with van der Waals surface area (Å²) in [7, 11) is 0. The molecule has 176 valence electrons. The van der Waals surface area contributed by atoms with Gasteiger partial charge in [-0.25, -0.2) is 4.98 Å². The molecule has 0 spiro atoms. The van der Waals surface area contributed by atoms with Gasteiger partial charge in [-0.1, -0.05) is 29.4 Å². The van der Waals surface area contributed by atoms with Crippen LogP contribution in [0, 0.1) is 5.41 Å². The van der Waals surface area contributed by atoms with Crippen molar-refractivity contribution in [2.45, 2.75) is 19.6 Å². The molecule has 0 aliphatic heterocycles. The molecule has 0 unspecified atom stereocenters. The number of aliphatic imine (C=N–C) groups is 1. The standard InChI is InChI=1S/C23H21F3N6O2/c1-15(14-33-20-8-7-18(13-30-20)23(24,25)26)19(11-28)22-31-21(32-34-22)17-5-3-16(4-6-17)12-29-10-2-9-27/h2-11,13,28H,12,14,27H2,1H3/b9-2-,19-15-,28-11?,29-10?. The number of ether oxygens (including phenoxy) is 1. The van der Waals surface area contributed by atoms with E-state index in [1.54, 1.807) is 19.2 Å². The minimum absolute atomic E-state index is 0.0198. The molecular weight excluding hydrogens is 449 g/mol. The normalized spacial score (nSPS) is 12.8. The van der Waals surface area contributed by atoms with Crippen LogP contribution >= 0.6 is 0 Å². The predicted molar refractivity (Wildman–Crippen MR) is 121 cm³/mol. The summed E-state index contributed by atoms with van der Waals surface area (Å²) in [6.07, 6.45) is 1.93. The highest BCUT2D eigenvalue weighted by Gasteiger charge is 2.30. The van der Waals surface area contributed by atoms with E-state index in [-0.39, 0.29) is 18.4 Å². The van der Waals surface area contributed by atoms with E-state index in [0.29, 0.717) is 29.7 Å². The number of hydrogen-bond acceptors (Lipinski definition) is 8. The second kappa shape index (κ2) is 11.0. The fourth-order valence-corrected chi connectivity index (χ4v) is 2.74. The van der Waals surface area contributed by atoms with Gasteiger partial charge in [-0.3, -0.25) is 4.99 Å². The van der Waals surface area contributed by atoms with Crippen molar-refractivity contribution in [2.75, 3.05) is 6.61 Å². The average molecular weight is 470 g/mol. The quantitative estimate of drug-likeness (QED) is 0.437. The van der Waals surface area contributed by atoms with Crippen LogP contribution in [-0.4, -0.2) is 34.2 Å². The van der Waals surface area contributed by atoms with E-state index < -0.39 is 11.7 Å². The fraction of sp³-hybridized carbons (Fsp3) is 0.174. The molecule has 2 aromatic heterocycles. The first-order valence-electron chi connectivity index (χ1n) is 9.98. The van der Waals surface area contributed by atoms with Gasteiger partial charge in [0.2, 0.25) is 11.7 Å². The van der Waals surface area contributed by atoms with Crippen LogP contribution in [-0.2, 0) is 12.7 Å². The Morgan fingerprint density at radius 2 is 1.97 bits per heavy atom. The topological polar surface area (TPSA) is 123 Å². The lowest BCUT2D eigenvalue weighted by molar-refractivity contribution is -0.137. The number of allylic oxidation sites excluding steroid dienone is 2. The van der Waals surface area contributed by atoms with E-state index in [1.807, 2.05) is 24.3 Å². The van der Waals surface area contributed by atoms with E-state index in [9.17, 15) is 13.2 Å². The predicted octanol–water partition coefficient (Wildman–Crippen LogP) is 4.70. The van der Waals surface area contributed by atoms with Crippen LogP contribution in [0.4, 0.5) is 13.2 Å². The molecule has 0 saturated carbocycles. The van der Waals surface area contributed by atoms with Gasteiger partial charge in [0.1, 0.15) is 6.61 Å². The number of nitrogens with one attached hydrogen (secondary N) is 1. The van der Waals surface area contributed by atoms with E-state index in [1.165, 1.54) is 6.20 Å². The second-order valence-electron chi connectivity index (χ2n) is 7.00. The number of benzene rings is 1. The highest BCUT2D eigenvalue weighted by Crippen LogP contribution is 2.29. The number of aromatic nitrogens is 3. The first-order valence-corrected chi connectivity index (χ1v) is 9.98. The van der Waals surface area contributed by atoms with Crippen molar-refractivity contribution in [1.29, 1.82) is 5.41 Å². The van der Waals surface area contributed by atoms with Crippen LogP contribution in [0.25, 0.3) is 17.0 Å². The van der Waals surface area contributed by atoms with Crippen LogP contribution in [0.15, 0.2) is 70.0 Å². The maximum absolute atomic E-state index is 12.6. The average Bonchev–Trinajstić information content (AvgIpc) is 3.31. The highest BCUT2D eigenvalue weighted by molar-refractivity contribution is 6.07. The molecule has 2 heterocycles. The summed E-state index contributed by atoms with van der Waals surface area (Å²) >= 11 is 0. The van der Waals surface area contributed by atoms with Gasteiger partial charge in [0, 0.05) is 30.3 Å². The monoisotopic (exact) mass is 470 g/mol. The Balaban J connectivity index is 1.68. The van der Waals surface area contributed by atoms with Gasteiger partial charge in [-0.15, -0.1) is 0 Å². The zero-order valence-corrected chi connectivity index (χ0v) is 18.1. The smallest absolute Gasteiger partial charge is 0.417 e. The van der Waals surface area contributed by atoms with Crippen molar-refractivity contribution < 1.29 is 22.4 Å². The lowest BCUT2D eigenvalue weighted by Gasteiger charge is -2.09. The summed E-state index contributed by atoms with van der Waals surface area (Å²) < 4.78 is 48.7. The maximum Gasteiger partial charge on any atom is 0.417 e. The Morgan fingerprint density at radius 1 is 1.21 bits per heavy atom. The van der Waals surface area contributed by atoms with Crippen LogP contribution in [0.5, 0.6) is 5.88 Å². The van der Waals surface area contributed by atoms with Crippen molar-refractivity contribution in [3.63, 3.8) is 0 Å². The highest BCUT2D eigenvalue weighted by atomic mass is 19.4. The minimum Gasteiger partial charge on any atom is -0.473 e. The summed E-state index contributed by atoms with van der Waals surface area (Å²) in [6, 6.07) is 9.46. The molecule has 3 rings (SSSR count). The molecule has 0 atom stereocenters. The summed E-state index contributed by atoms with van der Waals surface area (Å²) in [5.74, 6) is 0.480. The van der Waals surface area contributed by atoms with Crippen LogP contribution in [0.3, 0.4) is 0 Å². The largest absolute Gasteiger partial charge is 0.473 e. The molecule has 0 radical (unpaired) electrons. The molecule has 11 heteroatoms. The Hall–Kier alpha value is -4.28. The molecule has 0 bridgehead atoms. The van der Waals surface area contributed by atoms with E-state index >= 15 is 0 Å². The number of nitrogens with zero attached hydrogens (tertiary/aromatic N) is 4. The van der Waals surface area contributed by atoms with Gasteiger partial charge < -0.3 is 20.4 Å². The molecule has 3 aromatic rings. The molecule has 0 amide bonds. The third kappa shape index (κ3) is 6.37. The van der Waals surface area contributed by atoms with Gasteiger partial charge in [-0.2, -0.15) is 18.2 Å². The molecule has 34 heavy (non-hydrogen) atoms. The summed E-state index contributed by atoms with van der Waals surface area (Å²) in [5.41, 5.74) is 6.99. The van der Waals surface area contributed by atoms with Gasteiger partial charge in [0.05, 0.1) is 17.7 Å². The van der Waals surface area contributed by atoms with Gasteiger partial charge in [0.15, 0.2) is 0 Å². The number of pyridine rings is 1. The number of hydrogen-bond donors (Lipinski definition) is 2. The van der Waals surface area contributed by atoms with E-state index in [2.05, 4.69) is 20.1 Å². The third-order valence-electron chi connectivity index (χ3n) is 4.55. The SMILES string of the molecule is C/C(COc1ccc(C(F)(F)F)cn1)=C(\C=N)c1nc(-c2ccc(CN=C/C=C\N)cc2)no1. The Kier molecular flexibility index (Phi) is 7.91. The van der Waals surface area contributed by atoms with Crippen molar-refractivity contribution in [3.8, 4) is 17.3 Å². The third-order valence-corrected chi connectivity index (χ3v) is 4.55. The molecular formula is C23H21F3N6O2. The van der Waals surface area contributed by atoms with Crippen molar-refractivity contribution in [1.82, 2.24) is 15.1 Å². The second-order valence-corrected chi connectivity index (χ2v) is 7.00. The summed E-state index contributed by atoms with van der Waals surface area (Å²) in [5, 5.41) is 11.7. The van der Waals surface area contributed by atoms with E-state index in [4.69, 9.17) is 20.4 Å². The molecule has 0 aliphatic carbocycles. The van der Waals surface area contributed by atoms with Crippen LogP contribution in [0.2, 0.25) is 0 Å². The van der Waals surface area contributed by atoms with Crippen molar-refractivity contribution in [2.24, 2.45) is 10.7 Å². The van der Waals surface area contributed by atoms with Gasteiger partial charge in [0.25, 0.3) is 5.89 Å². The zero-order valence-electron chi connectivity index (χ0n) is 18.1. The first-order chi connectivity index (χ1) is 16.3. The van der Waals surface area contributed by atoms with Gasteiger partial charge in [-0.05, 0) is 36.4 Å². The lowest BCUT2D eigenvalue weighted by Crippen LogP contribution is -2.07. The lowest BCUT2D eigenvalue weighted by atomic mass is 10.1. The van der Waals surface area contributed by atoms with Crippen molar-refractivity contribution >= 4 is 18.0 Å². The van der Waals surface area contributed by atoms with Crippen molar-refractivity contribution in [3.05, 3.63) is 77.5 Å². The molecule has 8 nitrogen and oxygen atoms in total. The Morgan fingerprint density at radius 3 is 2.59 bits per heavy atom.